The molecule has 2 heterocycles. The number of carboxylic acids is 1. The summed E-state index contributed by atoms with van der Waals surface area (Å²) in [4.78, 5) is 27.7. The molecule has 0 saturated heterocycles. The topological polar surface area (TPSA) is 99.5 Å². The highest BCUT2D eigenvalue weighted by Crippen LogP contribution is 2.27. The lowest BCUT2D eigenvalue weighted by Crippen LogP contribution is -2.46. The van der Waals surface area contributed by atoms with Crippen molar-refractivity contribution in [2.24, 2.45) is 0 Å². The summed E-state index contributed by atoms with van der Waals surface area (Å²) in [6.45, 7) is 0.737. The maximum absolute atomic E-state index is 11.8. The molecular formula is C12H12N2O4S2. The molecule has 0 aliphatic rings. The maximum Gasteiger partial charge on any atom is 0.337 e. The molecule has 1 unspecified atom stereocenters. The van der Waals surface area contributed by atoms with Crippen LogP contribution in [0.2, 0.25) is 0 Å². The molecular weight excluding hydrogens is 300 g/mol. The Bertz CT molecular complexity index is 619. The average molecular weight is 312 g/mol. The highest BCUT2D eigenvalue weighted by molar-refractivity contribution is 7.20. The highest BCUT2D eigenvalue weighted by Gasteiger charge is 2.30. The molecule has 0 spiro atoms. The highest BCUT2D eigenvalue weighted by atomic mass is 32.1. The molecule has 0 fully saturated rings. The summed E-state index contributed by atoms with van der Waals surface area (Å²) in [5, 5.41) is 24.9. The number of amides is 1. The van der Waals surface area contributed by atoms with E-state index in [0.29, 0.717) is 0 Å². The Balaban J connectivity index is 2.02. The van der Waals surface area contributed by atoms with E-state index in [1.54, 1.807) is 5.38 Å². The van der Waals surface area contributed by atoms with Gasteiger partial charge in [0.15, 0.2) is 5.60 Å². The first-order valence-electron chi connectivity index (χ1n) is 5.63. The first-order chi connectivity index (χ1) is 9.40. The third kappa shape index (κ3) is 3.21. The van der Waals surface area contributed by atoms with E-state index < -0.39 is 17.5 Å². The molecule has 0 radical (unpaired) electrons. The van der Waals surface area contributed by atoms with Crippen molar-refractivity contribution in [3.05, 3.63) is 28.6 Å². The Hall–Kier alpha value is -1.77. The molecule has 0 aromatic carbocycles. The minimum absolute atomic E-state index is 0.208. The summed E-state index contributed by atoms with van der Waals surface area (Å²) >= 11 is 2.86. The van der Waals surface area contributed by atoms with Gasteiger partial charge in [-0.05, 0) is 18.4 Å². The van der Waals surface area contributed by atoms with Crippen molar-refractivity contribution in [1.82, 2.24) is 10.3 Å². The molecule has 0 saturated carbocycles. The molecule has 8 heteroatoms. The molecule has 2 aromatic rings. The third-order valence-corrected chi connectivity index (χ3v) is 4.40. The van der Waals surface area contributed by atoms with Gasteiger partial charge in [0.1, 0.15) is 10.7 Å². The lowest BCUT2D eigenvalue weighted by Gasteiger charge is -2.17. The van der Waals surface area contributed by atoms with Crippen molar-refractivity contribution in [3.63, 3.8) is 0 Å². The molecule has 0 aliphatic heterocycles. The van der Waals surface area contributed by atoms with Gasteiger partial charge in [-0.1, -0.05) is 6.07 Å². The van der Waals surface area contributed by atoms with Crippen LogP contribution in [-0.4, -0.2) is 39.2 Å². The van der Waals surface area contributed by atoms with E-state index in [-0.39, 0.29) is 12.2 Å². The van der Waals surface area contributed by atoms with E-state index in [0.717, 1.165) is 16.8 Å². The van der Waals surface area contributed by atoms with Crippen LogP contribution in [0.15, 0.2) is 22.9 Å². The van der Waals surface area contributed by atoms with Gasteiger partial charge in [-0.2, -0.15) is 0 Å². The number of thiazole rings is 1. The third-order valence-electron chi connectivity index (χ3n) is 2.52. The Labute approximate surface area is 122 Å². The van der Waals surface area contributed by atoms with Crippen LogP contribution < -0.4 is 5.32 Å². The SMILES string of the molecule is CC(O)(CNC(=O)c1csc(-c2cccs2)n1)C(=O)O. The van der Waals surface area contributed by atoms with Gasteiger partial charge in [-0.15, -0.1) is 22.7 Å². The minimum atomic E-state index is -2.00. The van der Waals surface area contributed by atoms with E-state index in [9.17, 15) is 14.7 Å². The average Bonchev–Trinajstić information content (AvgIpc) is 3.05. The van der Waals surface area contributed by atoms with Gasteiger partial charge in [0.05, 0.1) is 11.4 Å². The van der Waals surface area contributed by atoms with Crippen LogP contribution >= 0.6 is 22.7 Å². The number of nitrogens with one attached hydrogen (secondary N) is 1. The summed E-state index contributed by atoms with van der Waals surface area (Å²) in [7, 11) is 0. The normalized spacial score (nSPS) is 13.7. The van der Waals surface area contributed by atoms with E-state index in [1.807, 2.05) is 17.5 Å². The van der Waals surface area contributed by atoms with Crippen molar-refractivity contribution in [2.45, 2.75) is 12.5 Å². The van der Waals surface area contributed by atoms with Crippen LogP contribution in [0.4, 0.5) is 0 Å². The Morgan fingerprint density at radius 1 is 1.45 bits per heavy atom. The maximum atomic E-state index is 11.8. The molecule has 1 amide bonds. The minimum Gasteiger partial charge on any atom is -0.479 e. The number of aliphatic hydroxyl groups is 1. The smallest absolute Gasteiger partial charge is 0.337 e. The fourth-order valence-corrected chi connectivity index (χ4v) is 2.92. The summed E-state index contributed by atoms with van der Waals surface area (Å²) in [5.41, 5.74) is -1.79. The molecule has 106 valence electrons. The second kappa shape index (κ2) is 5.70. The number of thiophene rings is 1. The second-order valence-electron chi connectivity index (χ2n) is 4.28. The lowest BCUT2D eigenvalue weighted by molar-refractivity contribution is -0.155. The van der Waals surface area contributed by atoms with Gasteiger partial charge in [0, 0.05) is 5.38 Å². The van der Waals surface area contributed by atoms with E-state index >= 15 is 0 Å². The number of aromatic nitrogens is 1. The fraction of sp³-hybridized carbons (Fsp3) is 0.250. The van der Waals surface area contributed by atoms with Crippen LogP contribution in [-0.2, 0) is 4.79 Å². The van der Waals surface area contributed by atoms with Crippen LogP contribution in [0, 0.1) is 0 Å². The summed E-state index contributed by atoms with van der Waals surface area (Å²) in [6, 6.07) is 3.80. The Morgan fingerprint density at radius 2 is 2.20 bits per heavy atom. The molecule has 6 nitrogen and oxygen atoms in total. The van der Waals surface area contributed by atoms with Crippen molar-refractivity contribution in [1.29, 1.82) is 0 Å². The molecule has 2 rings (SSSR count). The number of carbonyl (C=O) groups excluding carboxylic acids is 1. The Kier molecular flexibility index (Phi) is 4.17. The van der Waals surface area contributed by atoms with Crippen LogP contribution in [0.1, 0.15) is 17.4 Å². The van der Waals surface area contributed by atoms with Gasteiger partial charge in [-0.25, -0.2) is 9.78 Å². The zero-order valence-corrected chi connectivity index (χ0v) is 12.1. The number of carbonyl (C=O) groups is 2. The van der Waals surface area contributed by atoms with Gasteiger partial charge >= 0.3 is 5.97 Å². The quantitative estimate of drug-likeness (QED) is 0.776. The molecule has 2 aromatic heterocycles. The lowest BCUT2D eigenvalue weighted by atomic mass is 10.1. The van der Waals surface area contributed by atoms with Crippen molar-refractivity contribution >= 4 is 34.6 Å². The first kappa shape index (κ1) is 14.6. The fourth-order valence-electron chi connectivity index (χ4n) is 1.31. The zero-order valence-electron chi connectivity index (χ0n) is 10.5. The predicted molar refractivity (Wildman–Crippen MR) is 76.0 cm³/mol. The largest absolute Gasteiger partial charge is 0.479 e. The number of carboxylic acid groups (broad SMARTS) is 1. The molecule has 0 aliphatic carbocycles. The van der Waals surface area contributed by atoms with Gasteiger partial charge in [0.25, 0.3) is 5.91 Å². The van der Waals surface area contributed by atoms with Crippen LogP contribution in [0.25, 0.3) is 9.88 Å². The standard InChI is InChI=1S/C12H12N2O4S2/c1-12(18,11(16)17)6-13-9(15)7-5-20-10(14-7)8-3-2-4-19-8/h2-5,18H,6H2,1H3,(H,13,15)(H,16,17). The molecule has 20 heavy (non-hydrogen) atoms. The summed E-state index contributed by atoms with van der Waals surface area (Å²) < 4.78 is 0. The molecule has 3 N–H and O–H groups in total. The van der Waals surface area contributed by atoms with Gasteiger partial charge in [0.2, 0.25) is 0 Å². The van der Waals surface area contributed by atoms with E-state index in [2.05, 4.69) is 10.3 Å². The number of nitrogens with zero attached hydrogens (tertiary/aromatic N) is 1. The number of hydrogen-bond acceptors (Lipinski definition) is 6. The molecule has 1 atom stereocenters. The second-order valence-corrected chi connectivity index (χ2v) is 6.08. The Morgan fingerprint density at radius 3 is 2.80 bits per heavy atom. The number of aliphatic carboxylic acids is 1. The molecule has 0 bridgehead atoms. The van der Waals surface area contributed by atoms with Gasteiger partial charge < -0.3 is 15.5 Å². The van der Waals surface area contributed by atoms with Crippen molar-refractivity contribution < 1.29 is 19.8 Å². The number of rotatable bonds is 5. The van der Waals surface area contributed by atoms with Gasteiger partial charge in [-0.3, -0.25) is 4.79 Å². The zero-order chi connectivity index (χ0) is 14.8. The monoisotopic (exact) mass is 312 g/mol. The van der Waals surface area contributed by atoms with Crippen LogP contribution in [0.3, 0.4) is 0 Å². The van der Waals surface area contributed by atoms with Crippen molar-refractivity contribution in [3.8, 4) is 9.88 Å². The number of hydrogen-bond donors (Lipinski definition) is 3. The first-order valence-corrected chi connectivity index (χ1v) is 7.39. The van der Waals surface area contributed by atoms with E-state index in [4.69, 9.17) is 5.11 Å². The van der Waals surface area contributed by atoms with Crippen molar-refractivity contribution in [2.75, 3.05) is 6.54 Å². The summed E-state index contributed by atoms with van der Waals surface area (Å²) in [5.74, 6) is -1.90. The predicted octanol–water partition coefficient (Wildman–Crippen LogP) is 1.44. The van der Waals surface area contributed by atoms with Crippen LogP contribution in [0.5, 0.6) is 0 Å². The summed E-state index contributed by atoms with van der Waals surface area (Å²) in [6.07, 6.45) is 0. The van der Waals surface area contributed by atoms with E-state index in [1.165, 1.54) is 22.7 Å².